The molecule has 2 aliphatic heterocycles. The number of nitrogens with zero attached hydrogens (tertiary/aromatic N) is 4. The third kappa shape index (κ3) is 1.69. The number of anilines is 1. The first-order chi connectivity index (χ1) is 11.2. The lowest BCUT2D eigenvalue weighted by atomic mass is 9.98. The smallest absolute Gasteiger partial charge is 0.0679 e. The zero-order valence-electron chi connectivity index (χ0n) is 13.5. The lowest BCUT2D eigenvalue weighted by molar-refractivity contribution is 0.314. The normalized spacial score (nSPS) is 20.3. The van der Waals surface area contributed by atoms with Crippen LogP contribution in [0.25, 0.3) is 11.3 Å². The van der Waals surface area contributed by atoms with Crippen LogP contribution in [0.5, 0.6) is 0 Å². The van der Waals surface area contributed by atoms with Crippen molar-refractivity contribution in [1.29, 1.82) is 0 Å². The van der Waals surface area contributed by atoms with Crippen molar-refractivity contribution in [3.63, 3.8) is 0 Å². The highest BCUT2D eigenvalue weighted by Crippen LogP contribution is 2.56. The average molecular weight is 304 g/mol. The molecule has 3 aliphatic rings. The van der Waals surface area contributed by atoms with Crippen LogP contribution in [-0.2, 0) is 12.6 Å². The van der Waals surface area contributed by atoms with Crippen molar-refractivity contribution in [3.8, 4) is 11.3 Å². The van der Waals surface area contributed by atoms with Gasteiger partial charge in [-0.2, -0.15) is 5.10 Å². The number of fused-ring (bicyclic) bond motifs is 4. The minimum Gasteiger partial charge on any atom is -0.369 e. The second kappa shape index (κ2) is 4.28. The maximum atomic E-state index is 4.31. The largest absolute Gasteiger partial charge is 0.369 e. The van der Waals surface area contributed by atoms with Gasteiger partial charge in [0, 0.05) is 49.9 Å². The molecule has 5 rings (SSSR count). The Morgan fingerprint density at radius 1 is 1.13 bits per heavy atom. The molecule has 116 valence electrons. The lowest BCUT2D eigenvalue weighted by Gasteiger charge is -2.28. The maximum Gasteiger partial charge on any atom is 0.0679 e. The van der Waals surface area contributed by atoms with Gasteiger partial charge in [0.2, 0.25) is 0 Å². The van der Waals surface area contributed by atoms with E-state index in [-0.39, 0.29) is 5.54 Å². The third-order valence-electron chi connectivity index (χ3n) is 5.52. The molecule has 0 unspecified atom stereocenters. The summed E-state index contributed by atoms with van der Waals surface area (Å²) < 4.78 is 1.94. The van der Waals surface area contributed by atoms with Gasteiger partial charge in [-0.1, -0.05) is 18.2 Å². The van der Waals surface area contributed by atoms with E-state index in [9.17, 15) is 0 Å². The van der Waals surface area contributed by atoms with E-state index in [1.54, 1.807) is 0 Å². The number of aryl methyl sites for hydroxylation is 1. The van der Waals surface area contributed by atoms with Crippen LogP contribution in [0.1, 0.15) is 18.4 Å². The summed E-state index contributed by atoms with van der Waals surface area (Å²) in [6, 6.07) is 9.00. The Kier molecular flexibility index (Phi) is 2.42. The van der Waals surface area contributed by atoms with Crippen molar-refractivity contribution in [2.75, 3.05) is 18.5 Å². The number of benzene rings is 1. The Bertz CT molecular complexity index is 854. The van der Waals surface area contributed by atoms with E-state index in [0.29, 0.717) is 0 Å². The van der Waals surface area contributed by atoms with E-state index in [0.717, 1.165) is 12.2 Å². The Hall–Kier alpha value is -2.49. The minimum atomic E-state index is 0.200. The van der Waals surface area contributed by atoms with Gasteiger partial charge >= 0.3 is 0 Å². The molecule has 1 aromatic heterocycles. The summed E-state index contributed by atoms with van der Waals surface area (Å²) in [6.45, 7) is 0.956. The third-order valence-corrected chi connectivity index (χ3v) is 5.52. The van der Waals surface area contributed by atoms with E-state index in [1.807, 2.05) is 17.9 Å². The fourth-order valence-corrected chi connectivity index (χ4v) is 4.04. The molecule has 2 aromatic rings. The van der Waals surface area contributed by atoms with Crippen LogP contribution < -0.4 is 4.90 Å². The Morgan fingerprint density at radius 2 is 2.00 bits per heavy atom. The van der Waals surface area contributed by atoms with Gasteiger partial charge in [-0.05, 0) is 31.1 Å². The molecule has 0 bridgehead atoms. The molecule has 0 N–H and O–H groups in total. The predicted molar refractivity (Wildman–Crippen MR) is 91.9 cm³/mol. The minimum absolute atomic E-state index is 0.200. The molecule has 1 fully saturated rings. The highest BCUT2D eigenvalue weighted by molar-refractivity contribution is 5.74. The van der Waals surface area contributed by atoms with Crippen LogP contribution in [0.3, 0.4) is 0 Å². The SMILES string of the molecule is CN1C=C2C=CCN2c2cc(-c3ccnn3C)ccc2C12CC2. The van der Waals surface area contributed by atoms with E-state index >= 15 is 0 Å². The van der Waals surface area contributed by atoms with E-state index in [4.69, 9.17) is 0 Å². The van der Waals surface area contributed by atoms with Gasteiger partial charge in [-0.3, -0.25) is 4.68 Å². The molecular weight excluding hydrogens is 284 g/mol. The van der Waals surface area contributed by atoms with Gasteiger partial charge in [-0.25, -0.2) is 0 Å². The molecule has 23 heavy (non-hydrogen) atoms. The maximum absolute atomic E-state index is 4.31. The van der Waals surface area contributed by atoms with E-state index in [2.05, 4.69) is 64.6 Å². The first-order valence-electron chi connectivity index (χ1n) is 8.21. The summed E-state index contributed by atoms with van der Waals surface area (Å²) >= 11 is 0. The van der Waals surface area contributed by atoms with Gasteiger partial charge in [0.15, 0.2) is 0 Å². The fourth-order valence-electron chi connectivity index (χ4n) is 4.04. The van der Waals surface area contributed by atoms with Gasteiger partial charge in [-0.15, -0.1) is 0 Å². The summed E-state index contributed by atoms with van der Waals surface area (Å²) in [4.78, 5) is 4.85. The standard InChI is InChI=1S/C19H20N4/c1-21-13-15-4-3-11-23(15)18-12-14(17-7-10-20-22(17)2)5-6-16(18)19(21)8-9-19/h3-7,10,12-13H,8-9,11H2,1-2H3. The second-order valence-electron chi connectivity index (χ2n) is 6.78. The second-order valence-corrected chi connectivity index (χ2v) is 6.78. The molecule has 4 heteroatoms. The predicted octanol–water partition coefficient (Wildman–Crippen LogP) is 3.24. The van der Waals surface area contributed by atoms with Crippen molar-refractivity contribution in [2.24, 2.45) is 7.05 Å². The number of allylic oxidation sites excluding steroid dienone is 1. The van der Waals surface area contributed by atoms with Crippen LogP contribution in [0.4, 0.5) is 5.69 Å². The Balaban J connectivity index is 1.72. The number of hydrogen-bond donors (Lipinski definition) is 0. The van der Waals surface area contributed by atoms with Crippen LogP contribution >= 0.6 is 0 Å². The molecule has 1 saturated carbocycles. The molecule has 1 aliphatic carbocycles. The van der Waals surface area contributed by atoms with Crippen molar-refractivity contribution >= 4 is 5.69 Å². The highest BCUT2D eigenvalue weighted by atomic mass is 15.3. The molecule has 4 nitrogen and oxygen atoms in total. The van der Waals surface area contributed by atoms with E-state index < -0.39 is 0 Å². The number of rotatable bonds is 1. The van der Waals surface area contributed by atoms with Crippen molar-refractivity contribution in [1.82, 2.24) is 14.7 Å². The van der Waals surface area contributed by atoms with Gasteiger partial charge in [0.1, 0.15) is 0 Å². The molecule has 0 atom stereocenters. The van der Waals surface area contributed by atoms with Crippen molar-refractivity contribution in [2.45, 2.75) is 18.4 Å². The summed E-state index contributed by atoms with van der Waals surface area (Å²) in [7, 11) is 4.22. The van der Waals surface area contributed by atoms with Gasteiger partial charge < -0.3 is 9.80 Å². The summed E-state index contributed by atoms with van der Waals surface area (Å²) in [5.41, 5.74) is 6.69. The molecular formula is C19H20N4. The first kappa shape index (κ1) is 13.0. The summed E-state index contributed by atoms with van der Waals surface area (Å²) in [6.07, 6.45) is 11.1. The van der Waals surface area contributed by atoms with Gasteiger partial charge in [0.25, 0.3) is 0 Å². The van der Waals surface area contributed by atoms with Crippen LogP contribution in [-0.4, -0.2) is 28.3 Å². The number of hydrogen-bond acceptors (Lipinski definition) is 3. The van der Waals surface area contributed by atoms with Crippen LogP contribution in [0.15, 0.2) is 54.5 Å². The lowest BCUT2D eigenvalue weighted by Crippen LogP contribution is -2.26. The average Bonchev–Trinajstić information content (AvgIpc) is 3.07. The molecule has 0 amide bonds. The summed E-state index contributed by atoms with van der Waals surface area (Å²) in [5.74, 6) is 0. The quantitative estimate of drug-likeness (QED) is 0.808. The zero-order valence-corrected chi connectivity index (χ0v) is 13.5. The molecule has 1 aromatic carbocycles. The molecule has 3 heterocycles. The fraction of sp³-hybridized carbons (Fsp3) is 0.316. The van der Waals surface area contributed by atoms with Crippen molar-refractivity contribution in [3.05, 3.63) is 60.1 Å². The molecule has 0 saturated heterocycles. The molecule has 1 spiro atoms. The first-order valence-corrected chi connectivity index (χ1v) is 8.21. The van der Waals surface area contributed by atoms with Crippen LogP contribution in [0, 0.1) is 0 Å². The summed E-state index contributed by atoms with van der Waals surface area (Å²) in [5, 5.41) is 4.31. The topological polar surface area (TPSA) is 24.3 Å². The Morgan fingerprint density at radius 3 is 2.74 bits per heavy atom. The monoisotopic (exact) mass is 304 g/mol. The highest BCUT2D eigenvalue weighted by Gasteiger charge is 2.50. The van der Waals surface area contributed by atoms with Crippen molar-refractivity contribution < 1.29 is 0 Å². The van der Waals surface area contributed by atoms with E-state index in [1.165, 1.54) is 35.4 Å². The number of aromatic nitrogens is 2. The zero-order chi connectivity index (χ0) is 15.6. The van der Waals surface area contributed by atoms with Crippen LogP contribution in [0.2, 0.25) is 0 Å². The Labute approximate surface area is 136 Å². The molecule has 0 radical (unpaired) electrons. The van der Waals surface area contributed by atoms with Gasteiger partial charge in [0.05, 0.1) is 16.9 Å².